The molecule has 2 heterocycles. The first-order valence-electron chi connectivity index (χ1n) is 8.11. The number of aromatic nitrogens is 1. The molecule has 1 saturated heterocycles. The van der Waals surface area contributed by atoms with E-state index in [-0.39, 0.29) is 17.6 Å². The van der Waals surface area contributed by atoms with Gasteiger partial charge < -0.3 is 10.5 Å². The summed E-state index contributed by atoms with van der Waals surface area (Å²) in [6, 6.07) is 12.6. The van der Waals surface area contributed by atoms with E-state index in [4.69, 9.17) is 11.6 Å². The number of hydrogen-bond acceptors (Lipinski definition) is 3. The van der Waals surface area contributed by atoms with E-state index in [1.54, 1.807) is 12.1 Å². The zero-order valence-electron chi connectivity index (χ0n) is 13.3. The predicted octanol–water partition coefficient (Wildman–Crippen LogP) is 2.54. The van der Waals surface area contributed by atoms with E-state index < -0.39 is 0 Å². The molecule has 5 nitrogen and oxygen atoms in total. The number of rotatable bonds is 5. The molecule has 1 aromatic heterocycles. The Balaban J connectivity index is 1.75. The molecule has 126 valence electrons. The lowest BCUT2D eigenvalue weighted by Crippen LogP contribution is -2.42. The van der Waals surface area contributed by atoms with Crippen molar-refractivity contribution in [2.24, 2.45) is 0 Å². The molecule has 1 N–H and O–H groups in total. The quantitative estimate of drug-likeness (QED) is 0.669. The van der Waals surface area contributed by atoms with E-state index in [0.717, 1.165) is 31.5 Å². The first-order valence-corrected chi connectivity index (χ1v) is 8.49. The number of likely N-dealkylation sites (tertiary alicyclic amines) is 1. The number of pyridine rings is 1. The second kappa shape index (κ2) is 7.64. The fourth-order valence-corrected chi connectivity index (χ4v) is 3.31. The van der Waals surface area contributed by atoms with Gasteiger partial charge in [0.1, 0.15) is 0 Å². The van der Waals surface area contributed by atoms with Gasteiger partial charge in [0.2, 0.25) is 0 Å². The highest BCUT2D eigenvalue weighted by molar-refractivity contribution is 6.30. The van der Waals surface area contributed by atoms with Crippen molar-refractivity contribution in [3.63, 3.8) is 0 Å². The van der Waals surface area contributed by atoms with E-state index >= 15 is 0 Å². The molecule has 1 atom stereocenters. The van der Waals surface area contributed by atoms with Crippen molar-refractivity contribution in [3.8, 4) is 0 Å². The van der Waals surface area contributed by atoms with Gasteiger partial charge in [0.15, 0.2) is 6.20 Å². The van der Waals surface area contributed by atoms with Gasteiger partial charge in [-0.3, -0.25) is 9.69 Å². The van der Waals surface area contributed by atoms with Crippen LogP contribution in [0.25, 0.3) is 0 Å². The smallest absolute Gasteiger partial charge is 0.317 e. The first-order chi connectivity index (χ1) is 11.6. The number of nitrogens with one attached hydrogen (secondary N) is 1. The van der Waals surface area contributed by atoms with Gasteiger partial charge in [0.25, 0.3) is 5.69 Å². The minimum absolute atomic E-state index is 0.0546. The van der Waals surface area contributed by atoms with Crippen LogP contribution in [0.2, 0.25) is 5.02 Å². The summed E-state index contributed by atoms with van der Waals surface area (Å²) in [6.45, 7) is 2.44. The van der Waals surface area contributed by atoms with Gasteiger partial charge in [-0.1, -0.05) is 23.7 Å². The van der Waals surface area contributed by atoms with Gasteiger partial charge >= 0.3 is 5.91 Å². The van der Waals surface area contributed by atoms with Crippen LogP contribution in [0, 0.1) is 5.21 Å². The summed E-state index contributed by atoms with van der Waals surface area (Å²) in [5.41, 5.74) is 1.18. The lowest BCUT2D eigenvalue weighted by molar-refractivity contribution is -0.607. The van der Waals surface area contributed by atoms with Crippen LogP contribution >= 0.6 is 11.6 Å². The molecule has 1 unspecified atom stereocenters. The van der Waals surface area contributed by atoms with Crippen molar-refractivity contribution in [2.45, 2.75) is 18.9 Å². The number of hydrogen-bond donors (Lipinski definition) is 1. The van der Waals surface area contributed by atoms with Crippen molar-refractivity contribution in [3.05, 3.63) is 70.1 Å². The molecule has 1 amide bonds. The third-order valence-corrected chi connectivity index (χ3v) is 4.56. The third-order valence-electron chi connectivity index (χ3n) is 4.33. The van der Waals surface area contributed by atoms with Crippen LogP contribution in [0.3, 0.4) is 0 Å². The van der Waals surface area contributed by atoms with Crippen LogP contribution in [-0.4, -0.2) is 30.4 Å². The molecule has 1 aliphatic heterocycles. The fraction of sp³-hybridized carbons (Fsp3) is 0.333. The number of halogens is 1. The van der Waals surface area contributed by atoms with Crippen LogP contribution in [0.4, 0.5) is 0 Å². The molecule has 0 aliphatic carbocycles. The molecule has 0 saturated carbocycles. The number of benzene rings is 1. The van der Waals surface area contributed by atoms with Crippen molar-refractivity contribution in [1.82, 2.24) is 10.2 Å². The van der Waals surface area contributed by atoms with Crippen molar-refractivity contribution in [1.29, 1.82) is 0 Å². The predicted molar refractivity (Wildman–Crippen MR) is 92.7 cm³/mol. The van der Waals surface area contributed by atoms with E-state index in [9.17, 15) is 10.0 Å². The fourth-order valence-electron chi connectivity index (χ4n) is 3.11. The molecular formula is C18H20ClN3O2. The van der Waals surface area contributed by atoms with E-state index in [1.807, 2.05) is 24.3 Å². The first kappa shape index (κ1) is 16.7. The van der Waals surface area contributed by atoms with E-state index in [0.29, 0.717) is 16.3 Å². The van der Waals surface area contributed by atoms with Crippen LogP contribution in [0.1, 0.15) is 34.9 Å². The summed E-state index contributed by atoms with van der Waals surface area (Å²) in [6.07, 6.45) is 3.64. The van der Waals surface area contributed by atoms with Crippen LogP contribution in [0.5, 0.6) is 0 Å². The zero-order chi connectivity index (χ0) is 16.9. The van der Waals surface area contributed by atoms with Crippen molar-refractivity contribution in [2.75, 3.05) is 19.6 Å². The molecular weight excluding hydrogens is 326 g/mol. The number of nitrogens with zero attached hydrogens (tertiary/aromatic N) is 2. The highest BCUT2D eigenvalue weighted by atomic mass is 35.5. The molecule has 24 heavy (non-hydrogen) atoms. The second-order valence-electron chi connectivity index (χ2n) is 5.94. The maximum Gasteiger partial charge on any atom is 0.317 e. The molecule has 1 aliphatic rings. The molecule has 6 heteroatoms. The van der Waals surface area contributed by atoms with Gasteiger partial charge in [0, 0.05) is 23.7 Å². The zero-order valence-corrected chi connectivity index (χ0v) is 14.1. The molecule has 0 radical (unpaired) electrons. The highest BCUT2D eigenvalue weighted by Gasteiger charge is 2.25. The maximum atomic E-state index is 12.3. The normalized spacial score (nSPS) is 16.0. The van der Waals surface area contributed by atoms with Gasteiger partial charge in [0.05, 0.1) is 6.04 Å². The molecule has 2 aromatic rings. The van der Waals surface area contributed by atoms with Crippen LogP contribution in [0.15, 0.2) is 48.7 Å². The molecule has 1 fully saturated rings. The van der Waals surface area contributed by atoms with Crippen LogP contribution < -0.4 is 10.0 Å². The lowest BCUT2D eigenvalue weighted by Gasteiger charge is -2.28. The second-order valence-corrected chi connectivity index (χ2v) is 6.37. The van der Waals surface area contributed by atoms with Crippen LogP contribution in [-0.2, 0) is 0 Å². The van der Waals surface area contributed by atoms with Gasteiger partial charge in [-0.2, -0.15) is 4.73 Å². The van der Waals surface area contributed by atoms with Gasteiger partial charge in [-0.25, -0.2) is 0 Å². The average molecular weight is 346 g/mol. The summed E-state index contributed by atoms with van der Waals surface area (Å²) in [4.78, 5) is 14.7. The minimum atomic E-state index is -0.364. The summed E-state index contributed by atoms with van der Waals surface area (Å²) < 4.78 is 0.583. The minimum Gasteiger partial charge on any atom is -0.618 e. The Labute approximate surface area is 146 Å². The Morgan fingerprint density at radius 2 is 2.04 bits per heavy atom. The summed E-state index contributed by atoms with van der Waals surface area (Å²) in [5, 5.41) is 15.3. The number of carbonyl (C=O) groups excluding carboxylic acids is 1. The topological polar surface area (TPSA) is 59.3 Å². The van der Waals surface area contributed by atoms with E-state index in [1.165, 1.54) is 12.3 Å². The Morgan fingerprint density at radius 3 is 2.75 bits per heavy atom. The number of amides is 1. The molecule has 0 spiro atoms. The standard InChI is InChI=1S/C18H20ClN3O2/c19-15-7-5-6-14(12-15)17(21-9-3-4-10-21)13-20-18(23)16-8-1-2-11-22(16)24/h1-2,5-8,11-12,17H,3-4,9-10,13H2,(H,20,23). The number of carbonyl (C=O) groups is 1. The van der Waals surface area contributed by atoms with Gasteiger partial charge in [-0.05, 0) is 49.7 Å². The molecule has 1 aromatic carbocycles. The average Bonchev–Trinajstić information content (AvgIpc) is 3.10. The summed E-state index contributed by atoms with van der Waals surface area (Å²) in [5.74, 6) is -0.364. The van der Waals surface area contributed by atoms with Crippen molar-refractivity contribution < 1.29 is 9.52 Å². The highest BCUT2D eigenvalue weighted by Crippen LogP contribution is 2.26. The lowest BCUT2D eigenvalue weighted by atomic mass is 10.1. The largest absolute Gasteiger partial charge is 0.618 e. The molecule has 0 bridgehead atoms. The maximum absolute atomic E-state index is 12.3. The summed E-state index contributed by atoms with van der Waals surface area (Å²) >= 11 is 6.12. The van der Waals surface area contributed by atoms with Gasteiger partial charge in [-0.15, -0.1) is 0 Å². The van der Waals surface area contributed by atoms with E-state index in [2.05, 4.69) is 10.2 Å². The Bertz CT molecular complexity index is 717. The Morgan fingerprint density at radius 1 is 1.25 bits per heavy atom. The summed E-state index contributed by atoms with van der Waals surface area (Å²) in [7, 11) is 0. The SMILES string of the molecule is O=C(NCC(c1cccc(Cl)c1)N1CCCC1)c1cccc[n+]1[O-]. The Hall–Kier alpha value is -2.11. The Kier molecular flexibility index (Phi) is 5.33. The molecule has 3 rings (SSSR count). The monoisotopic (exact) mass is 345 g/mol. The third kappa shape index (κ3) is 3.86. The van der Waals surface area contributed by atoms with Crippen molar-refractivity contribution >= 4 is 17.5 Å².